The maximum Gasteiger partial charge on any atom is 0.326 e. The van der Waals surface area contributed by atoms with Crippen LogP contribution in [-0.4, -0.2) is 44.3 Å². The molecule has 132 valence electrons. The Hall–Kier alpha value is -2.75. The van der Waals surface area contributed by atoms with E-state index < -0.39 is 30.0 Å². The van der Waals surface area contributed by atoms with Gasteiger partial charge in [-0.1, -0.05) is 6.92 Å². The van der Waals surface area contributed by atoms with Gasteiger partial charge in [-0.05, 0) is 13.3 Å². The molecule has 0 aliphatic carbocycles. The maximum atomic E-state index is 12.2. The molecule has 2 aromatic rings. The Morgan fingerprint density at radius 3 is 2.84 bits per heavy atom. The number of amides is 3. The number of imide groups is 1. The van der Waals surface area contributed by atoms with E-state index in [9.17, 15) is 19.2 Å². The molecule has 3 amide bonds. The van der Waals surface area contributed by atoms with Crippen molar-refractivity contribution in [1.82, 2.24) is 19.6 Å². The van der Waals surface area contributed by atoms with Crippen LogP contribution in [-0.2, 0) is 20.9 Å². The van der Waals surface area contributed by atoms with Crippen LogP contribution in [0.15, 0.2) is 22.4 Å². The summed E-state index contributed by atoms with van der Waals surface area (Å²) in [6, 6.07) is 0.650. The third-order valence-corrected chi connectivity index (χ3v) is 4.83. The van der Waals surface area contributed by atoms with Gasteiger partial charge in [0.2, 0.25) is 0 Å². The van der Waals surface area contributed by atoms with Gasteiger partial charge in [0.05, 0.1) is 5.69 Å². The third kappa shape index (κ3) is 3.12. The second-order valence-corrected chi connectivity index (χ2v) is 6.68. The summed E-state index contributed by atoms with van der Waals surface area (Å²) in [6.45, 7) is 2.68. The molecule has 1 N–H and O–H groups in total. The van der Waals surface area contributed by atoms with Gasteiger partial charge in [-0.3, -0.25) is 23.7 Å². The van der Waals surface area contributed by atoms with Crippen LogP contribution in [0.5, 0.6) is 0 Å². The van der Waals surface area contributed by atoms with E-state index >= 15 is 0 Å². The van der Waals surface area contributed by atoms with Crippen LogP contribution in [0.4, 0.5) is 4.79 Å². The number of urea groups is 1. The molecule has 0 saturated carbocycles. The van der Waals surface area contributed by atoms with E-state index in [-0.39, 0.29) is 12.2 Å². The Kier molecular flexibility index (Phi) is 4.29. The Bertz CT molecular complexity index is 920. The van der Waals surface area contributed by atoms with Crippen LogP contribution in [0, 0.1) is 0 Å². The largest absolute Gasteiger partial charge is 0.458 e. The molecule has 0 radical (unpaired) electrons. The van der Waals surface area contributed by atoms with Crippen LogP contribution in [0.3, 0.4) is 0 Å². The first-order chi connectivity index (χ1) is 11.8. The summed E-state index contributed by atoms with van der Waals surface area (Å²) < 4.78 is 6.43. The minimum Gasteiger partial charge on any atom is -0.458 e. The Balaban J connectivity index is 1.64. The summed E-state index contributed by atoms with van der Waals surface area (Å²) in [4.78, 5) is 53.4. The van der Waals surface area contributed by atoms with E-state index in [1.807, 2.05) is 0 Å². The molecule has 25 heavy (non-hydrogen) atoms. The highest BCUT2D eigenvalue weighted by Crippen LogP contribution is 2.20. The van der Waals surface area contributed by atoms with E-state index in [0.717, 1.165) is 4.90 Å². The van der Waals surface area contributed by atoms with Crippen molar-refractivity contribution < 1.29 is 19.1 Å². The number of nitrogens with one attached hydrogen (secondary N) is 1. The van der Waals surface area contributed by atoms with Gasteiger partial charge in [0.1, 0.15) is 18.7 Å². The number of ether oxygens (including phenoxy) is 1. The fourth-order valence-electron chi connectivity index (χ4n) is 2.42. The number of fused-ring (bicyclic) bond motifs is 1. The van der Waals surface area contributed by atoms with Gasteiger partial charge in [-0.15, -0.1) is 11.3 Å². The maximum absolute atomic E-state index is 12.2. The standard InChI is InChI=1S/C15H16N4O5S/c1-3-15(2)12(22)19(13(23)17-15)7-11(21)24-8-9-6-10(20)18-4-5-25-14(18)16-9/h4-6H,3,7-8H2,1-2H3,(H,17,23)/t15-/m1/s1. The van der Waals surface area contributed by atoms with E-state index in [1.54, 1.807) is 25.4 Å². The summed E-state index contributed by atoms with van der Waals surface area (Å²) in [5.74, 6) is -1.22. The number of esters is 1. The van der Waals surface area contributed by atoms with Gasteiger partial charge in [-0.2, -0.15) is 0 Å². The average molecular weight is 364 g/mol. The topological polar surface area (TPSA) is 110 Å². The highest BCUT2D eigenvalue weighted by atomic mass is 32.1. The molecule has 1 atom stereocenters. The zero-order chi connectivity index (χ0) is 18.2. The number of rotatable bonds is 5. The first kappa shape index (κ1) is 17.1. The lowest BCUT2D eigenvalue weighted by Crippen LogP contribution is -2.43. The van der Waals surface area contributed by atoms with Crippen molar-refractivity contribution in [3.63, 3.8) is 0 Å². The smallest absolute Gasteiger partial charge is 0.326 e. The van der Waals surface area contributed by atoms with E-state index in [1.165, 1.54) is 21.8 Å². The summed E-state index contributed by atoms with van der Waals surface area (Å²) in [6.07, 6.45) is 2.02. The lowest BCUT2D eigenvalue weighted by Gasteiger charge is -2.18. The van der Waals surface area contributed by atoms with Crippen LogP contribution < -0.4 is 10.9 Å². The van der Waals surface area contributed by atoms with Gasteiger partial charge >= 0.3 is 12.0 Å². The molecular formula is C15H16N4O5S. The SMILES string of the molecule is CC[C@@]1(C)NC(=O)N(CC(=O)OCc2cc(=O)n3ccsc3n2)C1=O. The highest BCUT2D eigenvalue weighted by Gasteiger charge is 2.47. The number of aromatic nitrogens is 2. The average Bonchev–Trinajstić information content (AvgIpc) is 3.13. The highest BCUT2D eigenvalue weighted by molar-refractivity contribution is 7.15. The van der Waals surface area contributed by atoms with E-state index in [4.69, 9.17) is 4.74 Å². The second-order valence-electron chi connectivity index (χ2n) is 5.81. The third-order valence-electron chi connectivity index (χ3n) is 4.08. The molecule has 3 rings (SSSR count). The normalized spacial score (nSPS) is 20.2. The van der Waals surface area contributed by atoms with Crippen molar-refractivity contribution in [2.45, 2.75) is 32.4 Å². The van der Waals surface area contributed by atoms with Gasteiger partial charge in [0.15, 0.2) is 4.96 Å². The zero-order valence-electron chi connectivity index (χ0n) is 13.6. The molecule has 0 spiro atoms. The number of thiazole rings is 1. The predicted molar refractivity (Wildman–Crippen MR) is 88.1 cm³/mol. The van der Waals surface area contributed by atoms with Crippen molar-refractivity contribution in [1.29, 1.82) is 0 Å². The van der Waals surface area contributed by atoms with Gasteiger partial charge in [0.25, 0.3) is 11.5 Å². The minimum atomic E-state index is -1.00. The van der Waals surface area contributed by atoms with Crippen molar-refractivity contribution in [2.24, 2.45) is 0 Å². The summed E-state index contributed by atoms with van der Waals surface area (Å²) in [7, 11) is 0. The Morgan fingerprint density at radius 2 is 2.16 bits per heavy atom. The molecule has 0 bridgehead atoms. The fourth-order valence-corrected chi connectivity index (χ4v) is 3.16. The molecule has 2 aromatic heterocycles. The fraction of sp³-hybridized carbons (Fsp3) is 0.400. The Labute approximate surface area is 146 Å². The van der Waals surface area contributed by atoms with E-state index in [2.05, 4.69) is 10.3 Å². The second kappa shape index (κ2) is 6.28. The molecule has 1 fully saturated rings. The summed E-state index contributed by atoms with van der Waals surface area (Å²) in [5.41, 5.74) is -0.973. The zero-order valence-corrected chi connectivity index (χ0v) is 14.5. The van der Waals surface area contributed by atoms with Crippen molar-refractivity contribution in [3.8, 4) is 0 Å². The van der Waals surface area contributed by atoms with Gasteiger partial charge in [-0.25, -0.2) is 9.78 Å². The molecule has 1 aliphatic rings. The molecule has 10 heteroatoms. The molecule has 1 aliphatic heterocycles. The molecule has 1 saturated heterocycles. The number of carbonyl (C=O) groups excluding carboxylic acids is 3. The molecule has 3 heterocycles. The van der Waals surface area contributed by atoms with Crippen LogP contribution in [0.25, 0.3) is 4.96 Å². The van der Waals surface area contributed by atoms with Crippen molar-refractivity contribution >= 4 is 34.2 Å². The number of nitrogens with zero attached hydrogens (tertiary/aromatic N) is 3. The lowest BCUT2D eigenvalue weighted by atomic mass is 9.99. The lowest BCUT2D eigenvalue weighted by molar-refractivity contribution is -0.148. The molecular weight excluding hydrogens is 348 g/mol. The van der Waals surface area contributed by atoms with Gasteiger partial charge in [0, 0.05) is 17.6 Å². The number of hydrogen-bond donors (Lipinski definition) is 1. The van der Waals surface area contributed by atoms with E-state index in [0.29, 0.717) is 17.1 Å². The van der Waals surface area contributed by atoms with Crippen molar-refractivity contribution in [2.75, 3.05) is 6.54 Å². The molecule has 0 unspecified atom stereocenters. The first-order valence-corrected chi connectivity index (χ1v) is 8.47. The minimum absolute atomic E-state index is 0.211. The predicted octanol–water partition coefficient (Wildman–Crippen LogP) is 0.520. The number of hydrogen-bond acceptors (Lipinski definition) is 7. The summed E-state index contributed by atoms with van der Waals surface area (Å²) in [5, 5.41) is 4.28. The quantitative estimate of drug-likeness (QED) is 0.612. The van der Waals surface area contributed by atoms with Crippen LogP contribution in [0.2, 0.25) is 0 Å². The summed E-state index contributed by atoms with van der Waals surface area (Å²) >= 11 is 1.28. The molecule has 9 nitrogen and oxygen atoms in total. The van der Waals surface area contributed by atoms with Crippen LogP contribution in [0.1, 0.15) is 26.0 Å². The molecule has 0 aromatic carbocycles. The van der Waals surface area contributed by atoms with Crippen LogP contribution >= 0.6 is 11.3 Å². The number of carbonyl (C=O) groups is 3. The van der Waals surface area contributed by atoms with Crippen molar-refractivity contribution in [3.05, 3.63) is 33.7 Å². The monoisotopic (exact) mass is 364 g/mol. The Morgan fingerprint density at radius 1 is 1.40 bits per heavy atom. The first-order valence-electron chi connectivity index (χ1n) is 7.59. The van der Waals surface area contributed by atoms with Gasteiger partial charge < -0.3 is 10.1 Å².